The van der Waals surface area contributed by atoms with Gasteiger partial charge in [0.25, 0.3) is 0 Å². The zero-order valence-electron chi connectivity index (χ0n) is 12.7. The number of para-hydroxylation sites is 1. The summed E-state index contributed by atoms with van der Waals surface area (Å²) >= 11 is 11.8. The Morgan fingerprint density at radius 1 is 0.680 bits per heavy atom. The minimum atomic E-state index is -4.10. The van der Waals surface area contributed by atoms with Crippen LogP contribution in [0.1, 0.15) is 0 Å². The molecule has 3 aromatic carbocycles. The van der Waals surface area contributed by atoms with Crippen LogP contribution in [0, 0.1) is 0 Å². The summed E-state index contributed by atoms with van der Waals surface area (Å²) in [6, 6.07) is 19.7. The van der Waals surface area contributed by atoms with Gasteiger partial charge in [-0.15, -0.1) is 0 Å². The van der Waals surface area contributed by atoms with Crippen LogP contribution in [0.3, 0.4) is 0 Å². The van der Waals surface area contributed by atoms with E-state index in [2.05, 4.69) is 0 Å². The smallest absolute Gasteiger partial charge is 0.340 e. The zero-order valence-corrected chi connectivity index (χ0v) is 15.1. The number of benzene rings is 3. The molecule has 0 N–H and O–H groups in total. The maximum Gasteiger partial charge on any atom is 0.340 e. The Morgan fingerprint density at radius 3 is 1.96 bits per heavy atom. The first-order chi connectivity index (χ1) is 12.0. The van der Waals surface area contributed by atoms with Crippen molar-refractivity contribution < 1.29 is 17.3 Å². The maximum absolute atomic E-state index is 12.4. The van der Waals surface area contributed by atoms with Gasteiger partial charge in [0, 0.05) is 0 Å². The average Bonchev–Trinajstić information content (AvgIpc) is 2.59. The van der Waals surface area contributed by atoms with E-state index in [-0.39, 0.29) is 20.7 Å². The second-order valence-corrected chi connectivity index (χ2v) is 7.28. The number of halogens is 2. The molecular formula is C18H12Cl2O4S. The summed E-state index contributed by atoms with van der Waals surface area (Å²) in [5, 5.41) is 0.0612. The second-order valence-electron chi connectivity index (χ2n) is 4.98. The molecule has 0 radical (unpaired) electrons. The molecule has 0 aliphatic heterocycles. The van der Waals surface area contributed by atoms with Crippen molar-refractivity contribution in [2.45, 2.75) is 4.90 Å². The van der Waals surface area contributed by atoms with Gasteiger partial charge in [-0.3, -0.25) is 0 Å². The van der Waals surface area contributed by atoms with Crippen LogP contribution >= 0.6 is 23.2 Å². The fourth-order valence-corrected chi connectivity index (χ4v) is 3.71. The topological polar surface area (TPSA) is 52.6 Å². The normalized spacial score (nSPS) is 11.1. The van der Waals surface area contributed by atoms with E-state index in [1.165, 1.54) is 30.3 Å². The van der Waals surface area contributed by atoms with E-state index in [1.807, 2.05) is 30.3 Å². The summed E-state index contributed by atoms with van der Waals surface area (Å²) in [6.07, 6.45) is 0. The lowest BCUT2D eigenvalue weighted by molar-refractivity contribution is 0.474. The first-order valence-electron chi connectivity index (χ1n) is 7.17. The second kappa shape index (κ2) is 7.35. The highest BCUT2D eigenvalue weighted by Gasteiger charge is 2.21. The monoisotopic (exact) mass is 394 g/mol. The lowest BCUT2D eigenvalue weighted by atomic mass is 10.3. The van der Waals surface area contributed by atoms with Crippen molar-refractivity contribution in [1.29, 1.82) is 0 Å². The van der Waals surface area contributed by atoms with E-state index >= 15 is 0 Å². The predicted octanol–water partition coefficient (Wildman–Crippen LogP) is 5.55. The summed E-state index contributed by atoms with van der Waals surface area (Å²) in [4.78, 5) is -0.189. The van der Waals surface area contributed by atoms with Crippen molar-refractivity contribution >= 4 is 33.3 Å². The molecule has 0 aliphatic carbocycles. The van der Waals surface area contributed by atoms with E-state index < -0.39 is 10.1 Å². The highest BCUT2D eigenvalue weighted by molar-refractivity contribution is 7.87. The van der Waals surface area contributed by atoms with E-state index in [1.54, 1.807) is 12.1 Å². The van der Waals surface area contributed by atoms with Crippen LogP contribution in [0.2, 0.25) is 10.0 Å². The molecule has 0 aliphatic rings. The molecule has 0 aromatic heterocycles. The van der Waals surface area contributed by atoms with Crippen LogP contribution in [-0.2, 0) is 10.1 Å². The van der Waals surface area contributed by atoms with Gasteiger partial charge in [0.1, 0.15) is 22.1 Å². The van der Waals surface area contributed by atoms with E-state index in [4.69, 9.17) is 32.1 Å². The fraction of sp³-hybridized carbons (Fsp3) is 0. The van der Waals surface area contributed by atoms with Crippen molar-refractivity contribution in [1.82, 2.24) is 0 Å². The summed E-state index contributed by atoms with van der Waals surface area (Å²) in [7, 11) is -4.10. The lowest BCUT2D eigenvalue weighted by Gasteiger charge is -2.10. The van der Waals surface area contributed by atoms with Gasteiger partial charge >= 0.3 is 10.1 Å². The Bertz CT molecular complexity index is 972. The number of hydrogen-bond donors (Lipinski definition) is 0. The third kappa shape index (κ3) is 4.25. The minimum Gasteiger partial charge on any atom is -0.457 e. The van der Waals surface area contributed by atoms with Crippen LogP contribution in [-0.4, -0.2) is 8.42 Å². The Kier molecular flexibility index (Phi) is 5.18. The van der Waals surface area contributed by atoms with Gasteiger partial charge in [0.2, 0.25) is 0 Å². The van der Waals surface area contributed by atoms with Crippen molar-refractivity contribution in [3.8, 4) is 17.2 Å². The summed E-state index contributed by atoms with van der Waals surface area (Å²) in [6.45, 7) is 0. The molecule has 0 heterocycles. The van der Waals surface area contributed by atoms with Gasteiger partial charge in [-0.1, -0.05) is 47.5 Å². The molecule has 0 saturated carbocycles. The lowest BCUT2D eigenvalue weighted by Crippen LogP contribution is -2.10. The molecular weight excluding hydrogens is 383 g/mol. The number of rotatable bonds is 5. The minimum absolute atomic E-state index is 0.0757. The molecule has 0 unspecified atom stereocenters. The van der Waals surface area contributed by atoms with Crippen LogP contribution in [0.4, 0.5) is 0 Å². The molecule has 0 spiro atoms. The van der Waals surface area contributed by atoms with Crippen LogP contribution in [0.5, 0.6) is 17.2 Å². The quantitative estimate of drug-likeness (QED) is 0.532. The summed E-state index contributed by atoms with van der Waals surface area (Å²) in [5.41, 5.74) is 0. The molecule has 3 rings (SSSR count). The van der Waals surface area contributed by atoms with E-state index in [0.717, 1.165) is 0 Å². The first-order valence-corrected chi connectivity index (χ1v) is 9.33. The Balaban J connectivity index is 1.78. The zero-order chi connectivity index (χ0) is 17.9. The SMILES string of the molecule is O=S(=O)(Oc1ccc(Oc2ccccc2)cc1)c1cccc(Cl)c1Cl. The first kappa shape index (κ1) is 17.6. The fourth-order valence-electron chi connectivity index (χ4n) is 2.04. The molecule has 0 amide bonds. The Hall–Kier alpha value is -2.21. The highest BCUT2D eigenvalue weighted by atomic mass is 35.5. The third-order valence-electron chi connectivity index (χ3n) is 3.19. The van der Waals surface area contributed by atoms with Gasteiger partial charge in [-0.25, -0.2) is 0 Å². The van der Waals surface area contributed by atoms with E-state index in [9.17, 15) is 8.42 Å². The van der Waals surface area contributed by atoms with Crippen molar-refractivity contribution in [2.75, 3.05) is 0 Å². The molecule has 7 heteroatoms. The molecule has 0 fully saturated rings. The standard InChI is InChI=1S/C18H12Cl2O4S/c19-16-7-4-8-17(18(16)20)25(21,22)24-15-11-9-14(10-12-15)23-13-5-2-1-3-6-13/h1-12H. The van der Waals surface area contributed by atoms with Crippen molar-refractivity contribution in [2.24, 2.45) is 0 Å². The number of ether oxygens (including phenoxy) is 1. The summed E-state index contributed by atoms with van der Waals surface area (Å²) < 4.78 is 35.4. The van der Waals surface area contributed by atoms with Crippen molar-refractivity contribution in [3.63, 3.8) is 0 Å². The third-order valence-corrected chi connectivity index (χ3v) is 5.42. The van der Waals surface area contributed by atoms with Gasteiger partial charge in [0.15, 0.2) is 0 Å². The van der Waals surface area contributed by atoms with Gasteiger partial charge in [0.05, 0.1) is 10.0 Å². The van der Waals surface area contributed by atoms with Crippen molar-refractivity contribution in [3.05, 3.63) is 82.8 Å². The van der Waals surface area contributed by atoms with Crippen LogP contribution in [0.15, 0.2) is 77.7 Å². The Labute approximate surface area is 155 Å². The molecule has 3 aromatic rings. The predicted molar refractivity (Wildman–Crippen MR) is 97.2 cm³/mol. The Morgan fingerprint density at radius 2 is 1.28 bits per heavy atom. The molecule has 0 bridgehead atoms. The molecule has 4 nitrogen and oxygen atoms in total. The summed E-state index contributed by atoms with van der Waals surface area (Å²) in [5.74, 6) is 1.36. The average molecular weight is 395 g/mol. The van der Waals surface area contributed by atoms with Crippen LogP contribution < -0.4 is 8.92 Å². The largest absolute Gasteiger partial charge is 0.457 e. The number of hydrogen-bond acceptors (Lipinski definition) is 4. The van der Waals surface area contributed by atoms with Gasteiger partial charge in [-0.2, -0.15) is 8.42 Å². The molecule has 128 valence electrons. The maximum atomic E-state index is 12.4. The van der Waals surface area contributed by atoms with Crippen LogP contribution in [0.25, 0.3) is 0 Å². The molecule has 0 atom stereocenters. The molecule has 0 saturated heterocycles. The van der Waals surface area contributed by atoms with Gasteiger partial charge in [-0.05, 0) is 48.5 Å². The van der Waals surface area contributed by atoms with E-state index in [0.29, 0.717) is 11.5 Å². The molecule has 25 heavy (non-hydrogen) atoms. The highest BCUT2D eigenvalue weighted by Crippen LogP contribution is 2.31. The van der Waals surface area contributed by atoms with Gasteiger partial charge < -0.3 is 8.92 Å².